The van der Waals surface area contributed by atoms with E-state index in [2.05, 4.69) is 10.0 Å². The number of nitrogens with one attached hydrogen (secondary N) is 2. The minimum Gasteiger partial charge on any atom is -0.454 e. The Balaban J connectivity index is 1.99. The van der Waals surface area contributed by atoms with Crippen LogP contribution in [-0.2, 0) is 24.3 Å². The molecule has 0 saturated heterocycles. The number of halogens is 2. The highest BCUT2D eigenvalue weighted by Gasteiger charge is 2.30. The van der Waals surface area contributed by atoms with Crippen molar-refractivity contribution in [3.05, 3.63) is 59.4 Å². The van der Waals surface area contributed by atoms with Crippen LogP contribution in [0.3, 0.4) is 0 Å². The number of rotatable bonds is 8. The quantitative estimate of drug-likeness (QED) is 0.612. The van der Waals surface area contributed by atoms with Gasteiger partial charge in [0.1, 0.15) is 11.9 Å². The smallest absolute Gasteiger partial charge is 0.324 e. The van der Waals surface area contributed by atoms with Crippen LogP contribution >= 0.6 is 11.6 Å². The van der Waals surface area contributed by atoms with Crippen molar-refractivity contribution in [1.82, 2.24) is 4.72 Å². The van der Waals surface area contributed by atoms with Gasteiger partial charge >= 0.3 is 5.97 Å². The Morgan fingerprint density at radius 3 is 2.38 bits per heavy atom. The molecule has 1 atom stereocenters. The average Bonchev–Trinajstić information content (AvgIpc) is 2.67. The predicted molar refractivity (Wildman–Crippen MR) is 106 cm³/mol. The molecule has 0 saturated carbocycles. The number of carbonyl (C=O) groups is 2. The minimum absolute atomic E-state index is 0.00199. The summed E-state index contributed by atoms with van der Waals surface area (Å²) in [7, 11) is -3.95. The molecule has 2 aromatic carbocycles. The van der Waals surface area contributed by atoms with Crippen molar-refractivity contribution in [1.29, 1.82) is 0 Å². The highest BCUT2D eigenvalue weighted by molar-refractivity contribution is 7.89. The van der Waals surface area contributed by atoms with E-state index in [0.717, 1.165) is 12.1 Å². The fraction of sp³-hybridized carbons (Fsp3) is 0.263. The molecule has 0 aliphatic carbocycles. The van der Waals surface area contributed by atoms with Crippen molar-refractivity contribution in [2.24, 2.45) is 5.92 Å². The zero-order valence-electron chi connectivity index (χ0n) is 15.7. The molecule has 2 rings (SSSR count). The molecule has 0 aliphatic rings. The molecular weight excluding hydrogens is 423 g/mol. The van der Waals surface area contributed by atoms with E-state index in [0.29, 0.717) is 0 Å². The first-order valence-electron chi connectivity index (χ1n) is 8.59. The third kappa shape index (κ3) is 6.52. The number of carbonyl (C=O) groups excluding carboxylic acids is 2. The van der Waals surface area contributed by atoms with E-state index < -0.39 is 46.3 Å². The van der Waals surface area contributed by atoms with Crippen LogP contribution in [-0.4, -0.2) is 32.9 Å². The van der Waals surface area contributed by atoms with Crippen LogP contribution in [0.5, 0.6) is 0 Å². The molecular formula is C19H20ClFN2O5S. The number of hydrogen-bond acceptors (Lipinski definition) is 5. The van der Waals surface area contributed by atoms with Crippen LogP contribution in [0.1, 0.15) is 13.8 Å². The highest BCUT2D eigenvalue weighted by Crippen LogP contribution is 2.22. The van der Waals surface area contributed by atoms with Gasteiger partial charge in [0, 0.05) is 0 Å². The molecule has 10 heteroatoms. The van der Waals surface area contributed by atoms with Crippen LogP contribution in [0.25, 0.3) is 0 Å². The second-order valence-electron chi connectivity index (χ2n) is 6.44. The van der Waals surface area contributed by atoms with E-state index in [1.165, 1.54) is 18.2 Å². The molecule has 0 heterocycles. The summed E-state index contributed by atoms with van der Waals surface area (Å²) in [6.45, 7) is 2.61. The van der Waals surface area contributed by atoms with Gasteiger partial charge in [-0.2, -0.15) is 4.72 Å². The molecule has 7 nitrogen and oxygen atoms in total. The number of sulfonamides is 1. The molecule has 0 bridgehead atoms. The third-order valence-electron chi connectivity index (χ3n) is 3.81. The van der Waals surface area contributed by atoms with Crippen LogP contribution in [0, 0.1) is 11.7 Å². The number of hydrogen-bond donors (Lipinski definition) is 2. The third-order valence-corrected chi connectivity index (χ3v) is 5.58. The monoisotopic (exact) mass is 442 g/mol. The van der Waals surface area contributed by atoms with Crippen molar-refractivity contribution in [3.8, 4) is 0 Å². The number of amides is 1. The summed E-state index contributed by atoms with van der Waals surface area (Å²) < 4.78 is 45.2. The molecule has 0 aliphatic heterocycles. The lowest BCUT2D eigenvalue weighted by molar-refractivity contribution is -0.150. The summed E-state index contributed by atoms with van der Waals surface area (Å²) >= 11 is 5.82. The lowest BCUT2D eigenvalue weighted by Gasteiger charge is -2.20. The largest absolute Gasteiger partial charge is 0.454 e. The van der Waals surface area contributed by atoms with Crippen molar-refractivity contribution in [2.75, 3.05) is 11.9 Å². The standard InChI is InChI=1S/C19H20ClFN2O5S/c1-12(2)18(23-29(26,27)14-6-4-3-5-7-14)19(25)28-11-17(24)22-16-9-8-13(21)10-15(16)20/h3-10,12,18,23H,11H2,1-2H3,(H,22,24)/t18-/m1/s1. The first kappa shape index (κ1) is 22.8. The fourth-order valence-electron chi connectivity index (χ4n) is 2.29. The van der Waals surface area contributed by atoms with Crippen LogP contribution in [0.4, 0.5) is 10.1 Å². The second-order valence-corrected chi connectivity index (χ2v) is 8.56. The maximum atomic E-state index is 13.0. The van der Waals surface area contributed by atoms with Gasteiger partial charge in [-0.3, -0.25) is 9.59 Å². The SMILES string of the molecule is CC(C)[C@@H](NS(=O)(=O)c1ccccc1)C(=O)OCC(=O)Nc1ccc(F)cc1Cl. The summed E-state index contributed by atoms with van der Waals surface area (Å²) in [6.07, 6.45) is 0. The Morgan fingerprint density at radius 2 is 1.79 bits per heavy atom. The van der Waals surface area contributed by atoms with Crippen molar-refractivity contribution in [2.45, 2.75) is 24.8 Å². The van der Waals surface area contributed by atoms with Gasteiger partial charge in [0.15, 0.2) is 6.61 Å². The Morgan fingerprint density at radius 1 is 1.14 bits per heavy atom. The molecule has 2 aromatic rings. The van der Waals surface area contributed by atoms with Gasteiger partial charge in [-0.15, -0.1) is 0 Å². The fourth-order valence-corrected chi connectivity index (χ4v) is 3.86. The molecule has 0 radical (unpaired) electrons. The van der Waals surface area contributed by atoms with Gasteiger partial charge < -0.3 is 10.1 Å². The summed E-state index contributed by atoms with van der Waals surface area (Å²) in [6, 6.07) is 9.78. The number of esters is 1. The summed E-state index contributed by atoms with van der Waals surface area (Å²) in [5.74, 6) is -2.61. The van der Waals surface area contributed by atoms with Gasteiger partial charge in [0.05, 0.1) is 15.6 Å². The predicted octanol–water partition coefficient (Wildman–Crippen LogP) is 2.96. The summed E-state index contributed by atoms with van der Waals surface area (Å²) in [5, 5.41) is 2.37. The number of anilines is 1. The van der Waals surface area contributed by atoms with Crippen LogP contribution in [0.15, 0.2) is 53.4 Å². The highest BCUT2D eigenvalue weighted by atomic mass is 35.5. The van der Waals surface area contributed by atoms with Crippen molar-refractivity contribution < 1.29 is 27.1 Å². The Hall–Kier alpha value is -2.49. The molecule has 1 amide bonds. The van der Waals surface area contributed by atoms with E-state index in [9.17, 15) is 22.4 Å². The normalized spacial score (nSPS) is 12.4. The maximum absolute atomic E-state index is 13.0. The molecule has 29 heavy (non-hydrogen) atoms. The molecule has 0 spiro atoms. The van der Waals surface area contributed by atoms with Gasteiger partial charge in [0.2, 0.25) is 10.0 Å². The minimum atomic E-state index is -3.95. The van der Waals surface area contributed by atoms with Crippen LogP contribution in [0.2, 0.25) is 5.02 Å². The van der Waals surface area contributed by atoms with E-state index in [-0.39, 0.29) is 15.6 Å². The summed E-state index contributed by atoms with van der Waals surface area (Å²) in [5.41, 5.74) is 0.152. The van der Waals surface area contributed by atoms with Gasteiger partial charge in [0.25, 0.3) is 5.91 Å². The lowest BCUT2D eigenvalue weighted by Crippen LogP contribution is -2.45. The molecule has 0 aromatic heterocycles. The first-order valence-corrected chi connectivity index (χ1v) is 10.4. The average molecular weight is 443 g/mol. The van der Waals surface area contributed by atoms with E-state index >= 15 is 0 Å². The molecule has 2 N–H and O–H groups in total. The van der Waals surface area contributed by atoms with Crippen molar-refractivity contribution >= 4 is 39.2 Å². The number of ether oxygens (including phenoxy) is 1. The van der Waals surface area contributed by atoms with E-state index in [1.807, 2.05) is 0 Å². The lowest BCUT2D eigenvalue weighted by atomic mass is 10.1. The zero-order chi connectivity index (χ0) is 21.6. The first-order chi connectivity index (χ1) is 13.6. The van der Waals surface area contributed by atoms with Gasteiger partial charge in [-0.25, -0.2) is 12.8 Å². The molecule has 156 valence electrons. The summed E-state index contributed by atoms with van der Waals surface area (Å²) in [4.78, 5) is 24.3. The topological polar surface area (TPSA) is 102 Å². The number of benzene rings is 2. The van der Waals surface area contributed by atoms with Gasteiger partial charge in [-0.05, 0) is 36.2 Å². The van der Waals surface area contributed by atoms with Gasteiger partial charge in [-0.1, -0.05) is 43.6 Å². The van der Waals surface area contributed by atoms with E-state index in [1.54, 1.807) is 32.0 Å². The Labute approximate surface area is 173 Å². The second kappa shape index (κ2) is 9.82. The Kier molecular flexibility index (Phi) is 7.72. The van der Waals surface area contributed by atoms with Crippen molar-refractivity contribution in [3.63, 3.8) is 0 Å². The Bertz CT molecular complexity index is 983. The maximum Gasteiger partial charge on any atom is 0.324 e. The van der Waals surface area contributed by atoms with Crippen LogP contribution < -0.4 is 10.0 Å². The molecule has 0 unspecified atom stereocenters. The zero-order valence-corrected chi connectivity index (χ0v) is 17.3. The van der Waals surface area contributed by atoms with E-state index in [4.69, 9.17) is 16.3 Å². The molecule has 0 fully saturated rings.